The van der Waals surface area contributed by atoms with E-state index in [0.717, 1.165) is 0 Å². The monoisotopic (exact) mass is 286 g/mol. The molecule has 0 bridgehead atoms. The number of carbonyl (C=O) groups excluding carboxylic acids is 2. The molecule has 1 heterocycles. The van der Waals surface area contributed by atoms with Gasteiger partial charge in [0, 0.05) is 17.4 Å². The Hall–Kier alpha value is -2.32. The van der Waals surface area contributed by atoms with E-state index in [1.807, 2.05) is 0 Å². The van der Waals surface area contributed by atoms with Gasteiger partial charge in [0.05, 0.1) is 19.3 Å². The van der Waals surface area contributed by atoms with Crippen LogP contribution < -0.4 is 15.4 Å². The summed E-state index contributed by atoms with van der Waals surface area (Å²) in [7, 11) is 1.50. The molecule has 0 radical (unpaired) electrons. The van der Waals surface area contributed by atoms with Crippen LogP contribution in [0.3, 0.4) is 0 Å². The Morgan fingerprint density at radius 1 is 1.24 bits per heavy atom. The number of carbonyl (C=O) groups is 2. The van der Waals surface area contributed by atoms with Crippen molar-refractivity contribution in [3.8, 4) is 17.6 Å². The van der Waals surface area contributed by atoms with Gasteiger partial charge in [0.1, 0.15) is 5.75 Å². The molecular weight excluding hydrogens is 268 g/mol. The molecule has 2 rings (SSSR count). The minimum Gasteiger partial charge on any atom is -0.495 e. The summed E-state index contributed by atoms with van der Waals surface area (Å²) < 4.78 is 5.27. The van der Waals surface area contributed by atoms with Crippen molar-refractivity contribution in [2.24, 2.45) is 17.6 Å². The molecule has 1 aromatic carbocycles. The molecule has 1 aliphatic heterocycles. The average Bonchev–Trinajstić information content (AvgIpc) is 2.69. The van der Waals surface area contributed by atoms with Gasteiger partial charge in [-0.2, -0.15) is 0 Å². The molecule has 5 nitrogen and oxygen atoms in total. The summed E-state index contributed by atoms with van der Waals surface area (Å²) in [5.74, 6) is 5.02. The number of ether oxygens (including phenoxy) is 1. The zero-order valence-corrected chi connectivity index (χ0v) is 12.3. The molecule has 21 heavy (non-hydrogen) atoms. The van der Waals surface area contributed by atoms with Crippen LogP contribution >= 0.6 is 0 Å². The second-order valence-electron chi connectivity index (χ2n) is 4.98. The van der Waals surface area contributed by atoms with Crippen molar-refractivity contribution in [2.45, 2.75) is 13.8 Å². The number of hydrogen-bond donors (Lipinski definition) is 1. The van der Waals surface area contributed by atoms with Crippen molar-refractivity contribution >= 4 is 17.5 Å². The Morgan fingerprint density at radius 3 is 2.38 bits per heavy atom. The van der Waals surface area contributed by atoms with Gasteiger partial charge in [0.15, 0.2) is 0 Å². The summed E-state index contributed by atoms with van der Waals surface area (Å²) in [4.78, 5) is 25.8. The number of benzene rings is 1. The van der Waals surface area contributed by atoms with Gasteiger partial charge in [-0.05, 0) is 18.2 Å². The number of amides is 2. The summed E-state index contributed by atoms with van der Waals surface area (Å²) in [5.41, 5.74) is 6.48. The molecular formula is C16H18N2O3. The Bertz CT molecular complexity index is 623. The molecule has 0 saturated carbocycles. The number of rotatable bonds is 2. The maximum absolute atomic E-state index is 12.3. The highest BCUT2D eigenvalue weighted by atomic mass is 16.5. The van der Waals surface area contributed by atoms with E-state index in [1.165, 1.54) is 12.0 Å². The summed E-state index contributed by atoms with van der Waals surface area (Å²) in [6.45, 7) is 3.77. The van der Waals surface area contributed by atoms with E-state index in [0.29, 0.717) is 17.0 Å². The van der Waals surface area contributed by atoms with Crippen LogP contribution in [0, 0.1) is 23.7 Å². The highest BCUT2D eigenvalue weighted by Crippen LogP contribution is 2.36. The lowest BCUT2D eigenvalue weighted by Gasteiger charge is -2.18. The van der Waals surface area contributed by atoms with Crippen LogP contribution in [0.1, 0.15) is 19.4 Å². The molecule has 2 unspecified atom stereocenters. The van der Waals surface area contributed by atoms with Crippen molar-refractivity contribution in [3.63, 3.8) is 0 Å². The number of anilines is 1. The first-order valence-electron chi connectivity index (χ1n) is 6.76. The quantitative estimate of drug-likeness (QED) is 0.654. The molecule has 0 spiro atoms. The maximum Gasteiger partial charge on any atom is 0.237 e. The molecule has 5 heteroatoms. The summed E-state index contributed by atoms with van der Waals surface area (Å²) in [6.07, 6.45) is 0. The van der Waals surface area contributed by atoms with Crippen LogP contribution in [0.25, 0.3) is 0 Å². The number of nitrogens with zero attached hydrogens (tertiary/aromatic N) is 1. The van der Waals surface area contributed by atoms with Gasteiger partial charge >= 0.3 is 0 Å². The Labute approximate surface area is 124 Å². The van der Waals surface area contributed by atoms with Crippen LogP contribution in [-0.2, 0) is 9.59 Å². The third-order valence-corrected chi connectivity index (χ3v) is 3.72. The fourth-order valence-corrected chi connectivity index (χ4v) is 2.28. The third-order valence-electron chi connectivity index (χ3n) is 3.72. The van der Waals surface area contributed by atoms with Gasteiger partial charge < -0.3 is 10.5 Å². The predicted octanol–water partition coefficient (Wildman–Crippen LogP) is 1.15. The molecule has 1 fully saturated rings. The maximum atomic E-state index is 12.3. The minimum atomic E-state index is -0.332. The lowest BCUT2D eigenvalue weighted by Crippen LogP contribution is -2.31. The molecule has 1 aliphatic rings. The fourth-order valence-electron chi connectivity index (χ4n) is 2.28. The first kappa shape index (κ1) is 15.1. The van der Waals surface area contributed by atoms with Crippen molar-refractivity contribution in [1.82, 2.24) is 0 Å². The molecule has 1 saturated heterocycles. The van der Waals surface area contributed by atoms with Crippen molar-refractivity contribution in [2.75, 3.05) is 18.6 Å². The normalized spacial score (nSPS) is 21.2. The van der Waals surface area contributed by atoms with Gasteiger partial charge in [0.25, 0.3) is 0 Å². The predicted molar refractivity (Wildman–Crippen MR) is 79.7 cm³/mol. The number of nitrogens with two attached hydrogens (primary N) is 1. The van der Waals surface area contributed by atoms with Gasteiger partial charge in [-0.1, -0.05) is 25.7 Å². The van der Waals surface area contributed by atoms with Gasteiger partial charge in [0.2, 0.25) is 11.8 Å². The van der Waals surface area contributed by atoms with Crippen molar-refractivity contribution in [1.29, 1.82) is 0 Å². The van der Waals surface area contributed by atoms with E-state index in [9.17, 15) is 9.59 Å². The van der Waals surface area contributed by atoms with Gasteiger partial charge in [-0.15, -0.1) is 0 Å². The van der Waals surface area contributed by atoms with Crippen LogP contribution in [0.4, 0.5) is 5.69 Å². The van der Waals surface area contributed by atoms with Crippen LogP contribution in [-0.4, -0.2) is 25.5 Å². The van der Waals surface area contributed by atoms with Gasteiger partial charge in [-0.3, -0.25) is 9.59 Å². The fraction of sp³-hybridized carbons (Fsp3) is 0.375. The van der Waals surface area contributed by atoms with Crippen molar-refractivity contribution < 1.29 is 14.3 Å². The molecule has 1 aromatic rings. The van der Waals surface area contributed by atoms with E-state index in [2.05, 4.69) is 11.8 Å². The molecule has 2 N–H and O–H groups in total. The number of methoxy groups -OCH3 is 1. The first-order chi connectivity index (χ1) is 10.0. The largest absolute Gasteiger partial charge is 0.495 e. The standard InChI is InChI=1S/C16H18N2O3/c1-10-11(2)16(20)18(15(10)19)13-9-12(5-4-8-17)6-7-14(13)21-3/h6-7,9-11H,8,17H2,1-3H3. The minimum absolute atomic E-state index is 0.213. The lowest BCUT2D eigenvalue weighted by molar-refractivity contribution is -0.122. The van der Waals surface area contributed by atoms with Crippen LogP contribution in [0.15, 0.2) is 18.2 Å². The Balaban J connectivity index is 2.51. The molecule has 0 aliphatic carbocycles. The molecule has 0 aromatic heterocycles. The topological polar surface area (TPSA) is 72.6 Å². The van der Waals surface area contributed by atoms with Crippen LogP contribution in [0.2, 0.25) is 0 Å². The summed E-state index contributed by atoms with van der Waals surface area (Å²) in [5, 5.41) is 0. The zero-order chi connectivity index (χ0) is 15.6. The van der Waals surface area contributed by atoms with E-state index < -0.39 is 0 Å². The van der Waals surface area contributed by atoms with Gasteiger partial charge in [-0.25, -0.2) is 4.90 Å². The highest BCUT2D eigenvalue weighted by Gasteiger charge is 2.44. The Morgan fingerprint density at radius 2 is 1.86 bits per heavy atom. The zero-order valence-electron chi connectivity index (χ0n) is 12.3. The smallest absolute Gasteiger partial charge is 0.237 e. The molecule has 110 valence electrons. The van der Waals surface area contributed by atoms with E-state index in [1.54, 1.807) is 32.0 Å². The Kier molecular flexibility index (Phi) is 4.29. The second kappa shape index (κ2) is 5.98. The third kappa shape index (κ3) is 2.63. The van der Waals surface area contributed by atoms with Crippen molar-refractivity contribution in [3.05, 3.63) is 23.8 Å². The van der Waals surface area contributed by atoms with Crippen LogP contribution in [0.5, 0.6) is 5.75 Å². The molecule has 2 amide bonds. The van der Waals surface area contributed by atoms with E-state index in [4.69, 9.17) is 10.5 Å². The van der Waals surface area contributed by atoms with E-state index in [-0.39, 0.29) is 30.2 Å². The highest BCUT2D eigenvalue weighted by molar-refractivity contribution is 6.22. The second-order valence-corrected chi connectivity index (χ2v) is 4.98. The average molecular weight is 286 g/mol. The number of hydrogen-bond acceptors (Lipinski definition) is 4. The molecule has 2 atom stereocenters. The first-order valence-corrected chi connectivity index (χ1v) is 6.76. The lowest BCUT2D eigenvalue weighted by atomic mass is 10.00. The summed E-state index contributed by atoms with van der Waals surface area (Å²) >= 11 is 0. The van der Waals surface area contributed by atoms with E-state index >= 15 is 0 Å². The summed E-state index contributed by atoms with van der Waals surface area (Å²) in [6, 6.07) is 5.15. The number of imide groups is 1. The SMILES string of the molecule is COc1ccc(C#CCN)cc1N1C(=O)C(C)C(C)C1=O.